The topological polar surface area (TPSA) is 127 Å². The summed E-state index contributed by atoms with van der Waals surface area (Å²) in [5.41, 5.74) is 12.5. The van der Waals surface area contributed by atoms with E-state index in [-0.39, 0.29) is 50.6 Å². The van der Waals surface area contributed by atoms with Gasteiger partial charge in [-0.25, -0.2) is 18.7 Å². The summed E-state index contributed by atoms with van der Waals surface area (Å²) < 4.78 is 36.5. The Morgan fingerprint density at radius 3 is 2.59 bits per heavy atom. The molecule has 0 unspecified atom stereocenters. The Bertz CT molecular complexity index is 1470. The fourth-order valence-corrected chi connectivity index (χ4v) is 5.53. The molecule has 1 aromatic carbocycles. The second-order valence-electron chi connectivity index (χ2n) is 7.88. The Balaban J connectivity index is 0.00000117. The van der Waals surface area contributed by atoms with Crippen molar-refractivity contribution in [1.29, 1.82) is 5.26 Å². The molecule has 0 spiro atoms. The zero-order chi connectivity index (χ0) is 24.0. The fraction of sp³-hybridized carbons (Fsp3) is 0.304. The van der Waals surface area contributed by atoms with Crippen LogP contribution in [0.2, 0.25) is 0 Å². The summed E-state index contributed by atoms with van der Waals surface area (Å²) in [5, 5.41) is 10.6. The van der Waals surface area contributed by atoms with E-state index in [0.717, 1.165) is 49.0 Å². The van der Waals surface area contributed by atoms with Crippen LogP contribution in [0, 0.1) is 23.0 Å². The molecule has 0 radical (unpaired) electrons. The third kappa shape index (κ3) is 3.26. The smallest absolute Gasteiger partial charge is 0.225 e. The number of pyridine rings is 1. The second kappa shape index (κ2) is 8.72. The van der Waals surface area contributed by atoms with Crippen molar-refractivity contribution in [2.24, 2.45) is 5.73 Å². The molecule has 174 valence electrons. The minimum absolute atomic E-state index is 0.0969. The number of thiophene rings is 1. The van der Waals surface area contributed by atoms with Crippen LogP contribution in [0.25, 0.3) is 32.2 Å². The number of nitrogens with zero attached hydrogens (tertiary/aromatic N) is 5. The van der Waals surface area contributed by atoms with Crippen molar-refractivity contribution in [2.45, 2.75) is 26.1 Å². The molecule has 2 aliphatic heterocycles. The van der Waals surface area contributed by atoms with Crippen LogP contribution in [0.4, 0.5) is 19.7 Å². The van der Waals surface area contributed by atoms with Crippen LogP contribution in [0.1, 0.15) is 29.5 Å². The molecule has 11 heteroatoms. The molecule has 0 bridgehead atoms. The van der Waals surface area contributed by atoms with E-state index in [9.17, 15) is 9.65 Å². The van der Waals surface area contributed by atoms with Crippen molar-refractivity contribution in [1.82, 2.24) is 15.0 Å². The predicted octanol–water partition coefficient (Wildman–Crippen LogP) is 3.84. The quantitative estimate of drug-likeness (QED) is 0.442. The highest BCUT2D eigenvalue weighted by molar-refractivity contribution is 7.23. The van der Waals surface area contributed by atoms with Crippen LogP contribution in [-0.2, 0) is 18.0 Å². The lowest BCUT2D eigenvalue weighted by Gasteiger charge is -2.17. The first-order chi connectivity index (χ1) is 16.6. The lowest BCUT2D eigenvalue weighted by atomic mass is 9.94. The zero-order valence-corrected chi connectivity index (χ0v) is 19.2. The van der Waals surface area contributed by atoms with E-state index in [0.29, 0.717) is 16.9 Å². The van der Waals surface area contributed by atoms with E-state index in [1.54, 1.807) is 6.20 Å². The predicted molar refractivity (Wildman–Crippen MR) is 127 cm³/mol. The molecule has 0 amide bonds. The zero-order valence-electron chi connectivity index (χ0n) is 18.4. The molecule has 0 saturated carbocycles. The Labute approximate surface area is 197 Å². The molecule has 0 aliphatic carbocycles. The Hall–Kier alpha value is -3.46. The lowest BCUT2D eigenvalue weighted by molar-refractivity contribution is 0.135. The van der Waals surface area contributed by atoms with Crippen molar-refractivity contribution in [3.63, 3.8) is 0 Å². The van der Waals surface area contributed by atoms with Crippen LogP contribution >= 0.6 is 11.3 Å². The van der Waals surface area contributed by atoms with E-state index < -0.39 is 11.6 Å². The van der Waals surface area contributed by atoms with E-state index in [4.69, 9.17) is 10.5 Å². The van der Waals surface area contributed by atoms with Gasteiger partial charge in [-0.2, -0.15) is 5.26 Å². The summed E-state index contributed by atoms with van der Waals surface area (Å²) in [7, 11) is 1.50. The monoisotopic (exact) mass is 481 g/mol. The van der Waals surface area contributed by atoms with Crippen LogP contribution in [0.5, 0.6) is 0 Å². The molecule has 1 fully saturated rings. The maximum absolute atomic E-state index is 16.1. The summed E-state index contributed by atoms with van der Waals surface area (Å²) in [6.07, 6.45) is 4.77. The van der Waals surface area contributed by atoms with Gasteiger partial charge in [0.2, 0.25) is 5.95 Å². The fourth-order valence-electron chi connectivity index (χ4n) is 4.61. The van der Waals surface area contributed by atoms with Crippen molar-refractivity contribution >= 4 is 43.3 Å². The Morgan fingerprint density at radius 1 is 1.12 bits per heavy atom. The van der Waals surface area contributed by atoms with E-state index in [2.05, 4.69) is 20.7 Å². The number of ether oxygens (including phenoxy) is 1. The number of aromatic nitrogens is 3. The molecule has 4 aromatic rings. The van der Waals surface area contributed by atoms with Crippen molar-refractivity contribution < 1.29 is 13.5 Å². The molecule has 5 heterocycles. The van der Waals surface area contributed by atoms with Crippen molar-refractivity contribution in [3.05, 3.63) is 40.7 Å². The van der Waals surface area contributed by atoms with Crippen LogP contribution in [0.3, 0.4) is 0 Å². The number of anilines is 2. The average molecular weight is 482 g/mol. The van der Waals surface area contributed by atoms with Gasteiger partial charge in [-0.05, 0) is 31.0 Å². The van der Waals surface area contributed by atoms with Gasteiger partial charge in [0.15, 0.2) is 11.6 Å². The molecular weight excluding hydrogens is 460 g/mol. The first kappa shape index (κ1) is 22.3. The lowest BCUT2D eigenvalue weighted by Crippen LogP contribution is -2.20. The minimum atomic E-state index is -0.602. The molecule has 4 N–H and O–H groups in total. The molecule has 6 rings (SSSR count). The summed E-state index contributed by atoms with van der Waals surface area (Å²) >= 11 is 0.955. The number of rotatable bonds is 2. The number of halogens is 2. The van der Waals surface area contributed by atoms with Gasteiger partial charge in [-0.15, -0.1) is 11.3 Å². The van der Waals surface area contributed by atoms with Gasteiger partial charge in [0, 0.05) is 35.6 Å². The maximum Gasteiger partial charge on any atom is 0.225 e. The molecule has 8 nitrogen and oxygen atoms in total. The number of nitrogens with two attached hydrogens (primary N) is 2. The average Bonchev–Trinajstić information content (AvgIpc) is 3.62. The number of fused-ring (bicyclic) bond motifs is 4. The highest BCUT2D eigenvalue weighted by atomic mass is 32.1. The summed E-state index contributed by atoms with van der Waals surface area (Å²) in [6, 6.07) is 2.02. The minimum Gasteiger partial charge on any atom is -0.389 e. The van der Waals surface area contributed by atoms with Crippen LogP contribution in [-0.4, -0.2) is 35.1 Å². The first-order valence-electron chi connectivity index (χ1n) is 10.8. The third-order valence-corrected chi connectivity index (χ3v) is 7.15. The van der Waals surface area contributed by atoms with Crippen molar-refractivity contribution in [2.75, 3.05) is 30.8 Å². The number of hydrogen-bond acceptors (Lipinski definition) is 9. The Kier molecular flexibility index (Phi) is 5.73. The number of nitriles is 1. The maximum atomic E-state index is 16.1. The summed E-state index contributed by atoms with van der Waals surface area (Å²) in [5.74, 6) is -0.704. The normalized spacial score (nSPS) is 14.9. The van der Waals surface area contributed by atoms with E-state index in [1.807, 2.05) is 11.0 Å². The van der Waals surface area contributed by atoms with Gasteiger partial charge in [-0.1, -0.05) is 0 Å². The summed E-state index contributed by atoms with van der Waals surface area (Å²) in [4.78, 5) is 15.3. The summed E-state index contributed by atoms with van der Waals surface area (Å²) in [6.45, 7) is 2.11. The van der Waals surface area contributed by atoms with Gasteiger partial charge >= 0.3 is 0 Å². The third-order valence-electron chi connectivity index (χ3n) is 6.12. The van der Waals surface area contributed by atoms with E-state index in [1.165, 1.54) is 7.05 Å². The van der Waals surface area contributed by atoms with Crippen molar-refractivity contribution in [3.8, 4) is 17.3 Å². The van der Waals surface area contributed by atoms with E-state index >= 15 is 4.39 Å². The number of benzene rings is 1. The largest absolute Gasteiger partial charge is 0.389 e. The highest BCUT2D eigenvalue weighted by Crippen LogP contribution is 2.45. The van der Waals surface area contributed by atoms with Gasteiger partial charge in [0.25, 0.3) is 0 Å². The van der Waals surface area contributed by atoms with Gasteiger partial charge < -0.3 is 21.1 Å². The molecule has 2 aliphatic rings. The molecule has 1 saturated heterocycles. The molecule has 34 heavy (non-hydrogen) atoms. The molecule has 3 aromatic heterocycles. The molecular formula is C23H21F2N7OS. The number of nitrogen functional groups attached to an aromatic ring is 1. The SMILES string of the molecule is CN.N#Cc1c(N)sc2c(F)cnc(-c3c4c(c5cnc(N6CCCC6)nc5c3F)COC4)c12. The van der Waals surface area contributed by atoms with Gasteiger partial charge in [0.1, 0.15) is 16.6 Å². The van der Waals surface area contributed by atoms with Gasteiger partial charge in [-0.3, -0.25) is 4.98 Å². The first-order valence-corrected chi connectivity index (χ1v) is 11.6. The van der Waals surface area contributed by atoms with Gasteiger partial charge in [0.05, 0.1) is 35.4 Å². The van der Waals surface area contributed by atoms with Crippen LogP contribution < -0.4 is 16.4 Å². The molecule has 0 atom stereocenters. The number of hydrogen-bond donors (Lipinski definition) is 2. The standard InChI is InChI=1S/C22H16F2N6OS.CH5N/c23-14-7-27-19(16-10(5-25)21(26)32-20(14)16)15-13-9-31-8-12(13)11-6-28-22(29-18(11)17(15)24)30-3-1-2-4-30;1-2/h6-7H,1-4,8-9,26H2;2H2,1H3. The van der Waals surface area contributed by atoms with Crippen LogP contribution in [0.15, 0.2) is 12.4 Å². The highest BCUT2D eigenvalue weighted by Gasteiger charge is 2.30. The Morgan fingerprint density at radius 2 is 1.85 bits per heavy atom. The second-order valence-corrected chi connectivity index (χ2v) is 8.93.